The van der Waals surface area contributed by atoms with Gasteiger partial charge in [0.1, 0.15) is 0 Å². The zero-order valence-electron chi connectivity index (χ0n) is 15.8. The van der Waals surface area contributed by atoms with Gasteiger partial charge in [-0.25, -0.2) is 0 Å². The molecule has 0 aliphatic rings. The number of benzene rings is 1. The van der Waals surface area contributed by atoms with Crippen LogP contribution in [0.25, 0.3) is 0 Å². The van der Waals surface area contributed by atoms with Crippen LogP contribution in [-0.4, -0.2) is 51.3 Å². The van der Waals surface area contributed by atoms with E-state index < -0.39 is 0 Å². The molecule has 0 atom stereocenters. The Kier molecular flexibility index (Phi) is 14.9. The Morgan fingerprint density at radius 1 is 1.08 bits per heavy atom. The summed E-state index contributed by atoms with van der Waals surface area (Å²) in [4.78, 5) is 4.25. The fraction of sp³-hybridized carbons (Fsp3) is 0.611. The van der Waals surface area contributed by atoms with Gasteiger partial charge in [-0.3, -0.25) is 4.99 Å². The van der Waals surface area contributed by atoms with Crippen LogP contribution < -0.4 is 20.1 Å². The fourth-order valence-electron chi connectivity index (χ4n) is 2.22. The molecule has 1 aromatic carbocycles. The molecule has 0 saturated carbocycles. The van der Waals surface area contributed by atoms with Crippen LogP contribution in [0.3, 0.4) is 0 Å². The summed E-state index contributed by atoms with van der Waals surface area (Å²) < 4.78 is 11.3. The molecule has 0 aliphatic carbocycles. The third-order valence-corrected chi connectivity index (χ3v) is 4.05. The molecule has 0 fully saturated rings. The second kappa shape index (κ2) is 15.4. The summed E-state index contributed by atoms with van der Waals surface area (Å²) in [5.74, 6) is 3.64. The summed E-state index contributed by atoms with van der Waals surface area (Å²) in [6.07, 6.45) is 4.16. The first-order chi connectivity index (χ1) is 11.7. The minimum Gasteiger partial charge on any atom is -0.490 e. The first-order valence-electron chi connectivity index (χ1n) is 8.57. The van der Waals surface area contributed by atoms with Crippen molar-refractivity contribution in [2.24, 2.45) is 4.99 Å². The van der Waals surface area contributed by atoms with Gasteiger partial charge in [0.05, 0.1) is 13.2 Å². The summed E-state index contributed by atoms with van der Waals surface area (Å²) >= 11 is 1.86. The zero-order chi connectivity index (χ0) is 17.6. The fourth-order valence-corrected chi connectivity index (χ4v) is 2.65. The van der Waals surface area contributed by atoms with Gasteiger partial charge in [0.2, 0.25) is 0 Å². The van der Waals surface area contributed by atoms with Crippen LogP contribution in [0.1, 0.15) is 25.8 Å². The lowest BCUT2D eigenvalue weighted by atomic mass is 10.1. The zero-order valence-corrected chi connectivity index (χ0v) is 18.9. The van der Waals surface area contributed by atoms with Gasteiger partial charge in [-0.15, -0.1) is 24.0 Å². The van der Waals surface area contributed by atoms with Gasteiger partial charge in [0, 0.05) is 20.1 Å². The van der Waals surface area contributed by atoms with Gasteiger partial charge in [-0.1, -0.05) is 6.07 Å². The Labute approximate surface area is 173 Å². The van der Waals surface area contributed by atoms with E-state index in [0.717, 1.165) is 49.1 Å². The normalized spacial score (nSPS) is 10.8. The topological polar surface area (TPSA) is 54.9 Å². The SMILES string of the molecule is CCOc1ccc(CCNC(=NC)NCCCSC)cc1OCC.I. The molecule has 1 rings (SSSR count). The number of ether oxygens (including phenoxy) is 2. The van der Waals surface area contributed by atoms with Crippen LogP contribution in [0.4, 0.5) is 0 Å². The molecule has 144 valence electrons. The van der Waals surface area contributed by atoms with Crippen molar-refractivity contribution in [3.05, 3.63) is 23.8 Å². The minimum absolute atomic E-state index is 0. The molecule has 5 nitrogen and oxygen atoms in total. The molecule has 25 heavy (non-hydrogen) atoms. The number of thioether (sulfide) groups is 1. The van der Waals surface area contributed by atoms with E-state index in [9.17, 15) is 0 Å². The van der Waals surface area contributed by atoms with Gasteiger partial charge in [0.25, 0.3) is 0 Å². The molecule has 0 unspecified atom stereocenters. The van der Waals surface area contributed by atoms with Crippen LogP contribution in [0.2, 0.25) is 0 Å². The maximum absolute atomic E-state index is 5.67. The molecule has 0 aliphatic heterocycles. The molecule has 0 saturated heterocycles. The van der Waals surface area contributed by atoms with Crippen molar-refractivity contribution < 1.29 is 9.47 Å². The van der Waals surface area contributed by atoms with Crippen molar-refractivity contribution in [3.63, 3.8) is 0 Å². The van der Waals surface area contributed by atoms with Gasteiger partial charge in [-0.05, 0) is 56.4 Å². The van der Waals surface area contributed by atoms with Crippen LogP contribution >= 0.6 is 35.7 Å². The van der Waals surface area contributed by atoms with Gasteiger partial charge in [0.15, 0.2) is 17.5 Å². The van der Waals surface area contributed by atoms with Crippen LogP contribution in [0.15, 0.2) is 23.2 Å². The predicted octanol–water partition coefficient (Wildman–Crippen LogP) is 3.56. The summed E-state index contributed by atoms with van der Waals surface area (Å²) in [5, 5.41) is 6.67. The quantitative estimate of drug-likeness (QED) is 0.219. The summed E-state index contributed by atoms with van der Waals surface area (Å²) in [6.45, 7) is 7.00. The number of aliphatic imine (C=N–C) groups is 1. The largest absolute Gasteiger partial charge is 0.490 e. The number of nitrogens with one attached hydrogen (secondary N) is 2. The first kappa shape index (κ1) is 24.2. The van der Waals surface area contributed by atoms with Gasteiger partial charge in [-0.2, -0.15) is 11.8 Å². The Hall–Kier alpha value is -0.830. The highest BCUT2D eigenvalue weighted by atomic mass is 127. The highest BCUT2D eigenvalue weighted by Crippen LogP contribution is 2.28. The first-order valence-corrected chi connectivity index (χ1v) is 9.96. The monoisotopic (exact) mass is 481 g/mol. The van der Waals surface area contributed by atoms with E-state index in [1.54, 1.807) is 7.05 Å². The predicted molar refractivity (Wildman–Crippen MR) is 120 cm³/mol. The molecule has 0 bridgehead atoms. The standard InChI is InChI=1S/C18H31N3O2S.HI/c1-5-22-16-9-8-15(14-17(16)23-6-2)10-12-21-18(19-3)20-11-7-13-24-4;/h8-9,14H,5-7,10-13H2,1-4H3,(H2,19,20,21);1H. The molecular weight excluding hydrogens is 449 g/mol. The number of rotatable bonds is 11. The molecule has 0 aromatic heterocycles. The maximum Gasteiger partial charge on any atom is 0.190 e. The number of halogens is 1. The molecular formula is C18H32IN3O2S. The van der Waals surface area contributed by atoms with E-state index in [1.165, 1.54) is 5.56 Å². The van der Waals surface area contributed by atoms with Crippen molar-refractivity contribution in [2.45, 2.75) is 26.7 Å². The van der Waals surface area contributed by atoms with E-state index in [4.69, 9.17) is 9.47 Å². The average molecular weight is 481 g/mol. The Balaban J connectivity index is 0.00000576. The Morgan fingerprint density at radius 2 is 1.76 bits per heavy atom. The average Bonchev–Trinajstić information content (AvgIpc) is 2.59. The molecule has 0 spiro atoms. The lowest BCUT2D eigenvalue weighted by molar-refractivity contribution is 0.287. The van der Waals surface area contributed by atoms with E-state index in [-0.39, 0.29) is 24.0 Å². The summed E-state index contributed by atoms with van der Waals surface area (Å²) in [6, 6.07) is 6.13. The minimum atomic E-state index is 0. The second-order valence-electron chi connectivity index (χ2n) is 5.17. The highest BCUT2D eigenvalue weighted by molar-refractivity contribution is 14.0. The third kappa shape index (κ3) is 10.0. The Bertz CT molecular complexity index is 501. The maximum atomic E-state index is 5.67. The third-order valence-electron chi connectivity index (χ3n) is 3.36. The second-order valence-corrected chi connectivity index (χ2v) is 6.15. The van der Waals surface area contributed by atoms with Crippen LogP contribution in [-0.2, 0) is 6.42 Å². The number of hydrogen-bond donors (Lipinski definition) is 2. The van der Waals surface area contributed by atoms with Gasteiger partial charge < -0.3 is 20.1 Å². The van der Waals surface area contributed by atoms with E-state index in [1.807, 2.05) is 31.7 Å². The number of nitrogens with zero attached hydrogens (tertiary/aromatic N) is 1. The molecule has 0 radical (unpaired) electrons. The van der Waals surface area contributed by atoms with Crippen LogP contribution in [0.5, 0.6) is 11.5 Å². The van der Waals surface area contributed by atoms with Crippen molar-refractivity contribution >= 4 is 41.7 Å². The summed E-state index contributed by atoms with van der Waals surface area (Å²) in [7, 11) is 1.80. The molecule has 7 heteroatoms. The molecule has 2 N–H and O–H groups in total. The molecule has 0 heterocycles. The highest BCUT2D eigenvalue weighted by Gasteiger charge is 2.06. The van der Waals surface area contributed by atoms with E-state index in [0.29, 0.717) is 13.2 Å². The molecule has 0 amide bonds. The lowest BCUT2D eigenvalue weighted by Crippen LogP contribution is -2.38. The smallest absolute Gasteiger partial charge is 0.190 e. The van der Waals surface area contributed by atoms with Crippen molar-refractivity contribution in [1.82, 2.24) is 10.6 Å². The number of guanidine groups is 1. The van der Waals surface area contributed by atoms with E-state index in [2.05, 4.69) is 34.0 Å². The van der Waals surface area contributed by atoms with Crippen LogP contribution in [0, 0.1) is 0 Å². The lowest BCUT2D eigenvalue weighted by Gasteiger charge is -2.14. The summed E-state index contributed by atoms with van der Waals surface area (Å²) in [5.41, 5.74) is 1.22. The Morgan fingerprint density at radius 3 is 2.40 bits per heavy atom. The molecule has 1 aromatic rings. The number of hydrogen-bond acceptors (Lipinski definition) is 4. The van der Waals surface area contributed by atoms with Crippen molar-refractivity contribution in [3.8, 4) is 11.5 Å². The van der Waals surface area contributed by atoms with Crippen molar-refractivity contribution in [2.75, 3.05) is 45.4 Å². The van der Waals surface area contributed by atoms with E-state index >= 15 is 0 Å². The van der Waals surface area contributed by atoms with Crippen molar-refractivity contribution in [1.29, 1.82) is 0 Å². The van der Waals surface area contributed by atoms with Gasteiger partial charge >= 0.3 is 0 Å².